The molecule has 3 N–H and O–H groups in total. The molecule has 6 heteroatoms. The Kier molecular flexibility index (Phi) is 13.0. The lowest BCUT2D eigenvalue weighted by molar-refractivity contribution is -0.134. The average molecular weight is 484 g/mol. The van der Waals surface area contributed by atoms with Gasteiger partial charge in [0.15, 0.2) is 0 Å². The number of aliphatic hydroxyl groups is 1. The van der Waals surface area contributed by atoms with Crippen LogP contribution < -0.4 is 0 Å². The van der Waals surface area contributed by atoms with Crippen molar-refractivity contribution in [2.45, 2.75) is 53.1 Å². The molecule has 1 atom stereocenters. The summed E-state index contributed by atoms with van der Waals surface area (Å²) in [5, 5.41) is 27.3. The minimum absolute atomic E-state index is 0.558. The summed E-state index contributed by atoms with van der Waals surface area (Å²) >= 11 is 0. The van der Waals surface area contributed by atoms with Gasteiger partial charge < -0.3 is 20.2 Å². The topological polar surface area (TPSA) is 98.1 Å². The zero-order valence-corrected chi connectivity index (χ0v) is 21.6. The van der Waals surface area contributed by atoms with E-state index in [1.165, 1.54) is 5.56 Å². The molecule has 2 aromatic rings. The lowest BCUT2D eigenvalue weighted by atomic mass is 9.82. The summed E-state index contributed by atoms with van der Waals surface area (Å²) in [4.78, 5) is 21.7. The first-order chi connectivity index (χ1) is 16.4. The maximum atomic E-state index is 11.7. The Morgan fingerprint density at radius 2 is 1.29 bits per heavy atom. The van der Waals surface area contributed by atoms with E-state index in [1.807, 2.05) is 30.3 Å². The van der Waals surface area contributed by atoms with Gasteiger partial charge >= 0.3 is 11.9 Å². The quantitative estimate of drug-likeness (QED) is 0.353. The predicted octanol–water partition coefficient (Wildman–Crippen LogP) is 5.34. The summed E-state index contributed by atoms with van der Waals surface area (Å²) in [6.45, 7) is 14.5. The minimum atomic E-state index is -1.26. The van der Waals surface area contributed by atoms with Gasteiger partial charge in [-0.25, -0.2) is 9.59 Å². The summed E-state index contributed by atoms with van der Waals surface area (Å²) in [5.74, 6) is -1.19. The van der Waals surface area contributed by atoms with Crippen molar-refractivity contribution in [3.05, 3.63) is 83.4 Å². The minimum Gasteiger partial charge on any atom is -0.478 e. The Bertz CT molecular complexity index is 896. The van der Waals surface area contributed by atoms with Crippen molar-refractivity contribution in [1.29, 1.82) is 0 Å². The largest absolute Gasteiger partial charge is 0.478 e. The Hall–Kier alpha value is -2.96. The number of hydrogen-bond acceptors (Lipinski definition) is 4. The number of aliphatic carboxylic acids is 2. The average Bonchev–Trinajstić information content (AvgIpc) is 2.78. The molecule has 0 bridgehead atoms. The van der Waals surface area contributed by atoms with Crippen molar-refractivity contribution in [2.24, 2.45) is 11.8 Å². The van der Waals surface area contributed by atoms with Crippen molar-refractivity contribution in [2.75, 3.05) is 19.6 Å². The van der Waals surface area contributed by atoms with E-state index in [9.17, 15) is 14.7 Å². The summed E-state index contributed by atoms with van der Waals surface area (Å²) in [5.41, 5.74) is 2.25. The Labute approximate surface area is 209 Å². The number of benzene rings is 2. The smallest absolute Gasteiger partial charge is 0.328 e. The van der Waals surface area contributed by atoms with E-state index in [4.69, 9.17) is 10.2 Å². The van der Waals surface area contributed by atoms with E-state index in [-0.39, 0.29) is 0 Å². The van der Waals surface area contributed by atoms with E-state index in [0.717, 1.165) is 43.6 Å². The van der Waals surface area contributed by atoms with E-state index < -0.39 is 17.5 Å². The van der Waals surface area contributed by atoms with E-state index in [1.54, 1.807) is 0 Å². The third-order valence-corrected chi connectivity index (χ3v) is 5.41. The van der Waals surface area contributed by atoms with Gasteiger partial charge in [-0.15, -0.1) is 0 Å². The van der Waals surface area contributed by atoms with Gasteiger partial charge in [0.05, 0.1) is 0 Å². The Morgan fingerprint density at radius 3 is 1.71 bits per heavy atom. The summed E-state index contributed by atoms with van der Waals surface area (Å²) in [6.07, 6.45) is 2.82. The fraction of sp³-hybridized carbons (Fsp3) is 0.448. The highest BCUT2D eigenvalue weighted by atomic mass is 16.4. The summed E-state index contributed by atoms with van der Waals surface area (Å²) in [7, 11) is 0. The highest BCUT2D eigenvalue weighted by Crippen LogP contribution is 2.34. The van der Waals surface area contributed by atoms with E-state index >= 15 is 0 Å². The molecular weight excluding hydrogens is 442 g/mol. The van der Waals surface area contributed by atoms with Crippen molar-refractivity contribution in [3.63, 3.8) is 0 Å². The number of carboxylic acid groups (broad SMARTS) is 2. The molecule has 0 saturated carbocycles. The number of nitrogens with zero attached hydrogens (tertiary/aromatic N) is 1. The van der Waals surface area contributed by atoms with Gasteiger partial charge in [0.1, 0.15) is 5.60 Å². The lowest BCUT2D eigenvalue weighted by Crippen LogP contribution is -2.34. The monoisotopic (exact) mass is 483 g/mol. The maximum Gasteiger partial charge on any atom is 0.328 e. The predicted molar refractivity (Wildman–Crippen MR) is 140 cm³/mol. The second kappa shape index (κ2) is 15.1. The normalized spacial score (nSPS) is 13.1. The molecule has 6 nitrogen and oxygen atoms in total. The van der Waals surface area contributed by atoms with Gasteiger partial charge in [0.25, 0.3) is 0 Å². The molecule has 2 aromatic carbocycles. The Morgan fingerprint density at radius 1 is 0.829 bits per heavy atom. The first-order valence-corrected chi connectivity index (χ1v) is 12.1. The van der Waals surface area contributed by atoms with Crippen LogP contribution in [0.4, 0.5) is 0 Å². The van der Waals surface area contributed by atoms with Crippen molar-refractivity contribution in [1.82, 2.24) is 4.90 Å². The molecule has 0 saturated heterocycles. The molecule has 0 radical (unpaired) electrons. The molecule has 35 heavy (non-hydrogen) atoms. The fourth-order valence-corrected chi connectivity index (χ4v) is 3.99. The van der Waals surface area contributed by atoms with Crippen LogP contribution in [0.25, 0.3) is 0 Å². The van der Waals surface area contributed by atoms with Crippen LogP contribution in [-0.4, -0.2) is 51.8 Å². The molecule has 0 aliphatic heterocycles. The number of hydrogen-bond donors (Lipinski definition) is 3. The number of aryl methyl sites for hydroxylation is 1. The number of carbonyl (C=O) groups is 2. The zero-order chi connectivity index (χ0) is 26.4. The van der Waals surface area contributed by atoms with Crippen molar-refractivity contribution >= 4 is 11.9 Å². The molecule has 192 valence electrons. The van der Waals surface area contributed by atoms with Crippen LogP contribution in [-0.2, 0) is 15.2 Å². The second-order valence-electron chi connectivity index (χ2n) is 9.75. The highest BCUT2D eigenvalue weighted by molar-refractivity contribution is 5.89. The van der Waals surface area contributed by atoms with E-state index in [0.29, 0.717) is 24.0 Å². The van der Waals surface area contributed by atoms with Gasteiger partial charge in [-0.2, -0.15) is 0 Å². The van der Waals surface area contributed by atoms with Crippen LogP contribution >= 0.6 is 0 Å². The van der Waals surface area contributed by atoms with Gasteiger partial charge in [-0.1, -0.05) is 87.9 Å². The molecule has 0 fully saturated rings. The van der Waals surface area contributed by atoms with Crippen LogP contribution in [0.2, 0.25) is 0 Å². The number of carboxylic acids is 2. The Balaban J connectivity index is 0.000000658. The van der Waals surface area contributed by atoms with Gasteiger partial charge in [0, 0.05) is 25.2 Å². The first kappa shape index (κ1) is 30.1. The van der Waals surface area contributed by atoms with E-state index in [2.05, 4.69) is 63.8 Å². The summed E-state index contributed by atoms with van der Waals surface area (Å²) in [6, 6.07) is 18.4. The van der Waals surface area contributed by atoms with Gasteiger partial charge in [-0.05, 0) is 49.3 Å². The van der Waals surface area contributed by atoms with Gasteiger partial charge in [0.2, 0.25) is 0 Å². The second-order valence-corrected chi connectivity index (χ2v) is 9.75. The molecule has 1 unspecified atom stereocenters. The highest BCUT2D eigenvalue weighted by Gasteiger charge is 2.31. The van der Waals surface area contributed by atoms with Gasteiger partial charge in [-0.3, -0.25) is 0 Å². The standard InChI is InChI=1S/C25H37NO.C4H4O4/c1-20(2)18-26(19-21(3)4)17-9-16-25(27,23-10-7-6-8-11-23)24-14-12-22(5)13-15-24;5-3(6)1-2-4(7)8/h6-8,10-15,20-21,27H,9,16-19H2,1-5H3;1-2H,(H,5,6)(H,7,8)/b;2-1-. The molecule has 0 heterocycles. The maximum absolute atomic E-state index is 11.7. The van der Waals surface area contributed by atoms with Crippen molar-refractivity contribution in [3.8, 4) is 0 Å². The van der Waals surface area contributed by atoms with Crippen LogP contribution in [0, 0.1) is 18.8 Å². The molecule has 0 amide bonds. The third kappa shape index (κ3) is 11.8. The molecule has 0 aromatic heterocycles. The summed E-state index contributed by atoms with van der Waals surface area (Å²) < 4.78 is 0. The molecular formula is C29H41NO5. The fourth-order valence-electron chi connectivity index (χ4n) is 3.99. The van der Waals surface area contributed by atoms with Crippen LogP contribution in [0.1, 0.15) is 57.2 Å². The SMILES string of the molecule is Cc1ccc(C(O)(CCCN(CC(C)C)CC(C)C)c2ccccc2)cc1.O=C(O)/C=C\C(=O)O. The molecule has 2 rings (SSSR count). The van der Waals surface area contributed by atoms with Crippen LogP contribution in [0.15, 0.2) is 66.7 Å². The lowest BCUT2D eigenvalue weighted by Gasteiger charge is -2.32. The molecule has 0 aliphatic carbocycles. The molecule has 0 aliphatic rings. The molecule has 0 spiro atoms. The number of rotatable bonds is 12. The van der Waals surface area contributed by atoms with Crippen LogP contribution in [0.3, 0.4) is 0 Å². The third-order valence-electron chi connectivity index (χ3n) is 5.41. The van der Waals surface area contributed by atoms with Crippen molar-refractivity contribution < 1.29 is 24.9 Å². The zero-order valence-electron chi connectivity index (χ0n) is 21.6. The van der Waals surface area contributed by atoms with Crippen LogP contribution in [0.5, 0.6) is 0 Å². The first-order valence-electron chi connectivity index (χ1n) is 12.1.